The quantitative estimate of drug-likeness (QED) is 0.847. The minimum atomic E-state index is -0.654. The van der Waals surface area contributed by atoms with Gasteiger partial charge in [-0.1, -0.05) is 36.4 Å². The van der Waals surface area contributed by atoms with Gasteiger partial charge in [0.15, 0.2) is 0 Å². The molecule has 1 aliphatic heterocycles. The van der Waals surface area contributed by atoms with E-state index in [0.717, 1.165) is 18.4 Å². The summed E-state index contributed by atoms with van der Waals surface area (Å²) in [5, 5.41) is 14.1. The number of hydrogen-bond acceptors (Lipinski definition) is 3. The molecule has 1 unspecified atom stereocenters. The Balaban J connectivity index is 1.37. The highest BCUT2D eigenvalue weighted by Gasteiger charge is 2.49. The average molecular weight is 380 g/mol. The first-order chi connectivity index (χ1) is 13.5. The standard InChI is InChI=1S/C23H28N2O3/c1-16-8-9-21(28-2)20(10-16)24-22(26)25-14-18-12-23(27,13-19(18)15-25)11-17-6-4-3-5-7-17/h3-10,18-19,27H,11-15H2,1-2H3,(H,24,26)/t18-,19+,23?. The molecular formula is C23H28N2O3. The zero-order valence-electron chi connectivity index (χ0n) is 16.5. The zero-order chi connectivity index (χ0) is 19.7. The van der Waals surface area contributed by atoms with Crippen LogP contribution in [-0.2, 0) is 6.42 Å². The van der Waals surface area contributed by atoms with Gasteiger partial charge in [0.1, 0.15) is 5.75 Å². The summed E-state index contributed by atoms with van der Waals surface area (Å²) in [6.45, 7) is 3.38. The van der Waals surface area contributed by atoms with E-state index in [4.69, 9.17) is 4.74 Å². The summed E-state index contributed by atoms with van der Waals surface area (Å²) >= 11 is 0. The van der Waals surface area contributed by atoms with Crippen LogP contribution in [0.25, 0.3) is 0 Å². The van der Waals surface area contributed by atoms with Crippen molar-refractivity contribution in [1.29, 1.82) is 0 Å². The van der Waals surface area contributed by atoms with E-state index in [0.29, 0.717) is 42.8 Å². The number of amides is 2. The van der Waals surface area contributed by atoms with E-state index in [1.54, 1.807) is 7.11 Å². The third-order valence-electron chi connectivity index (χ3n) is 6.12. The summed E-state index contributed by atoms with van der Waals surface area (Å²) < 4.78 is 5.36. The van der Waals surface area contributed by atoms with Crippen LogP contribution in [0, 0.1) is 18.8 Å². The molecule has 2 amide bonds. The first kappa shape index (κ1) is 18.8. The Morgan fingerprint density at radius 1 is 1.18 bits per heavy atom. The molecule has 0 spiro atoms. The first-order valence-electron chi connectivity index (χ1n) is 9.93. The van der Waals surface area contributed by atoms with Crippen molar-refractivity contribution < 1.29 is 14.6 Å². The van der Waals surface area contributed by atoms with Crippen molar-refractivity contribution in [1.82, 2.24) is 4.90 Å². The number of ether oxygens (including phenoxy) is 1. The fourth-order valence-electron chi connectivity index (χ4n) is 4.86. The second-order valence-corrected chi connectivity index (χ2v) is 8.35. The van der Waals surface area contributed by atoms with Gasteiger partial charge in [-0.25, -0.2) is 4.79 Å². The monoisotopic (exact) mass is 380 g/mol. The number of likely N-dealkylation sites (tertiary alicyclic amines) is 1. The van der Waals surface area contributed by atoms with Crippen LogP contribution in [0.15, 0.2) is 48.5 Å². The molecule has 0 bridgehead atoms. The van der Waals surface area contributed by atoms with Gasteiger partial charge >= 0.3 is 6.03 Å². The smallest absolute Gasteiger partial charge is 0.321 e. The van der Waals surface area contributed by atoms with Gasteiger partial charge in [0.05, 0.1) is 18.4 Å². The number of rotatable bonds is 4. The molecule has 0 radical (unpaired) electrons. The summed E-state index contributed by atoms with van der Waals surface area (Å²) in [6, 6.07) is 15.8. The highest BCUT2D eigenvalue weighted by Crippen LogP contribution is 2.45. The van der Waals surface area contributed by atoms with Crippen LogP contribution in [0.2, 0.25) is 0 Å². The molecule has 0 aromatic heterocycles. The van der Waals surface area contributed by atoms with Crippen molar-refractivity contribution >= 4 is 11.7 Å². The van der Waals surface area contributed by atoms with Crippen LogP contribution >= 0.6 is 0 Å². The van der Waals surface area contributed by atoms with E-state index in [-0.39, 0.29) is 6.03 Å². The second kappa shape index (κ2) is 7.47. The van der Waals surface area contributed by atoms with Gasteiger partial charge in [0.25, 0.3) is 0 Å². The van der Waals surface area contributed by atoms with Gasteiger partial charge in [0.2, 0.25) is 0 Å². The number of benzene rings is 2. The van der Waals surface area contributed by atoms with Crippen LogP contribution in [0.1, 0.15) is 24.0 Å². The van der Waals surface area contributed by atoms with E-state index in [1.807, 2.05) is 48.2 Å². The molecule has 148 valence electrons. The fraction of sp³-hybridized carbons (Fsp3) is 0.435. The Morgan fingerprint density at radius 2 is 1.86 bits per heavy atom. The summed E-state index contributed by atoms with van der Waals surface area (Å²) in [7, 11) is 1.61. The third kappa shape index (κ3) is 3.85. The maximum Gasteiger partial charge on any atom is 0.321 e. The summed E-state index contributed by atoms with van der Waals surface area (Å²) in [5.74, 6) is 1.38. The summed E-state index contributed by atoms with van der Waals surface area (Å²) in [5.41, 5.74) is 2.29. The van der Waals surface area contributed by atoms with Crippen LogP contribution in [0.4, 0.5) is 10.5 Å². The number of carbonyl (C=O) groups is 1. The number of urea groups is 1. The Labute approximate surface area is 166 Å². The van der Waals surface area contributed by atoms with Crippen molar-refractivity contribution in [3.05, 3.63) is 59.7 Å². The van der Waals surface area contributed by atoms with Crippen LogP contribution in [0.3, 0.4) is 0 Å². The number of nitrogens with zero attached hydrogens (tertiary/aromatic N) is 1. The predicted octanol–water partition coefficient (Wildman–Crippen LogP) is 3.85. The van der Waals surface area contributed by atoms with Crippen molar-refractivity contribution in [3.63, 3.8) is 0 Å². The van der Waals surface area contributed by atoms with Crippen molar-refractivity contribution in [2.45, 2.75) is 31.8 Å². The average Bonchev–Trinajstić information content (AvgIpc) is 3.17. The molecule has 1 saturated heterocycles. The van der Waals surface area contributed by atoms with Crippen LogP contribution in [0.5, 0.6) is 5.75 Å². The number of methoxy groups -OCH3 is 1. The Morgan fingerprint density at radius 3 is 2.50 bits per heavy atom. The van der Waals surface area contributed by atoms with Gasteiger partial charge in [-0.2, -0.15) is 0 Å². The van der Waals surface area contributed by atoms with E-state index >= 15 is 0 Å². The molecule has 2 aliphatic rings. The van der Waals surface area contributed by atoms with Crippen molar-refractivity contribution in [3.8, 4) is 5.75 Å². The molecule has 5 heteroatoms. The normalized spacial score (nSPS) is 26.2. The highest BCUT2D eigenvalue weighted by atomic mass is 16.5. The van der Waals surface area contributed by atoms with Gasteiger partial charge in [-0.05, 0) is 54.9 Å². The lowest BCUT2D eigenvalue weighted by atomic mass is 9.91. The summed E-state index contributed by atoms with van der Waals surface area (Å²) in [4.78, 5) is 14.6. The lowest BCUT2D eigenvalue weighted by molar-refractivity contribution is 0.0368. The number of nitrogens with one attached hydrogen (secondary N) is 1. The van der Waals surface area contributed by atoms with E-state index in [1.165, 1.54) is 5.56 Å². The molecule has 1 saturated carbocycles. The molecule has 2 aromatic carbocycles. The first-order valence-corrected chi connectivity index (χ1v) is 9.93. The zero-order valence-corrected chi connectivity index (χ0v) is 16.5. The van der Waals surface area contributed by atoms with E-state index < -0.39 is 5.60 Å². The molecule has 1 heterocycles. The number of aliphatic hydroxyl groups is 1. The number of anilines is 1. The molecule has 3 atom stereocenters. The largest absolute Gasteiger partial charge is 0.495 e. The predicted molar refractivity (Wildman–Crippen MR) is 110 cm³/mol. The van der Waals surface area contributed by atoms with Crippen LogP contribution < -0.4 is 10.1 Å². The van der Waals surface area contributed by atoms with Crippen molar-refractivity contribution in [2.24, 2.45) is 11.8 Å². The molecule has 2 aromatic rings. The Kier molecular flexibility index (Phi) is 5.02. The molecule has 4 rings (SSSR count). The SMILES string of the molecule is COc1ccc(C)cc1NC(=O)N1C[C@@H]2CC(O)(Cc3ccccc3)C[C@@H]2C1. The van der Waals surface area contributed by atoms with Gasteiger partial charge in [0, 0.05) is 19.5 Å². The molecule has 1 aliphatic carbocycles. The van der Waals surface area contributed by atoms with Gasteiger partial charge in [-0.15, -0.1) is 0 Å². The Bertz CT molecular complexity index is 838. The number of fused-ring (bicyclic) bond motifs is 1. The van der Waals surface area contributed by atoms with Crippen molar-refractivity contribution in [2.75, 3.05) is 25.5 Å². The van der Waals surface area contributed by atoms with E-state index in [2.05, 4.69) is 17.4 Å². The lowest BCUT2D eigenvalue weighted by Crippen LogP contribution is -2.36. The molecule has 5 nitrogen and oxygen atoms in total. The maximum absolute atomic E-state index is 12.8. The molecule has 2 N–H and O–H groups in total. The molecule has 28 heavy (non-hydrogen) atoms. The Hall–Kier alpha value is -2.53. The lowest BCUT2D eigenvalue weighted by Gasteiger charge is -2.26. The molecular weight excluding hydrogens is 352 g/mol. The number of aryl methyl sites for hydroxylation is 1. The highest BCUT2D eigenvalue weighted by molar-refractivity contribution is 5.91. The van der Waals surface area contributed by atoms with E-state index in [9.17, 15) is 9.90 Å². The van der Waals surface area contributed by atoms with Gasteiger partial charge < -0.3 is 20.1 Å². The topological polar surface area (TPSA) is 61.8 Å². The minimum Gasteiger partial charge on any atom is -0.495 e. The third-order valence-corrected chi connectivity index (χ3v) is 6.12. The number of hydrogen-bond donors (Lipinski definition) is 2. The molecule has 2 fully saturated rings. The van der Waals surface area contributed by atoms with Gasteiger partial charge in [-0.3, -0.25) is 0 Å². The van der Waals surface area contributed by atoms with Crippen LogP contribution in [-0.4, -0.2) is 41.8 Å². The minimum absolute atomic E-state index is 0.0927. The number of carbonyl (C=O) groups excluding carboxylic acids is 1. The fourth-order valence-corrected chi connectivity index (χ4v) is 4.86. The maximum atomic E-state index is 12.8. The summed E-state index contributed by atoms with van der Waals surface area (Å²) in [6.07, 6.45) is 2.20. The second-order valence-electron chi connectivity index (χ2n) is 8.35.